The van der Waals surface area contributed by atoms with Gasteiger partial charge in [-0.3, -0.25) is 0 Å². The summed E-state index contributed by atoms with van der Waals surface area (Å²) in [6.07, 6.45) is 6.54. The zero-order valence-corrected chi connectivity index (χ0v) is 50.1. The lowest BCUT2D eigenvalue weighted by Crippen LogP contribution is -2.75. The fraction of sp³-hybridized carbons (Fsp3) is 0.0227. The summed E-state index contributed by atoms with van der Waals surface area (Å²) in [4.78, 5) is 0. The number of fused-ring (bicyclic) bond motifs is 10. The highest BCUT2D eigenvalue weighted by atomic mass is 28.3. The summed E-state index contributed by atoms with van der Waals surface area (Å²) >= 11 is 0. The second kappa shape index (κ2) is 20.6. The van der Waals surface area contributed by atoms with Crippen LogP contribution in [0.4, 0.5) is 0 Å². The summed E-state index contributed by atoms with van der Waals surface area (Å²) in [5, 5.41) is 28.3. The minimum atomic E-state index is -3.56. The molecule has 1 aliphatic rings. The van der Waals surface area contributed by atoms with E-state index in [2.05, 4.69) is 328 Å². The molecule has 0 amide bonds. The fourth-order valence-corrected chi connectivity index (χ4v) is 21.9. The lowest BCUT2D eigenvalue weighted by Gasteiger charge is -2.39. The standard InChI is InChI=1S/C88H58Si/c1-3-31-63(32-4-1)89(64-33-5-2-6-34-64,87-77-47-23-19-43-73(77)85(74-44-20-24-48-78(74)87)83-69-39-15-11-35-65(69)81(66-36-12-16-40-70(66)83)61-53-51-57-27-7-9-29-59(57)55-61)88-79-49-25-21-45-75(79)86(76-46-22-26-50-80(76)88)84-71-41-17-13-37-67(71)82(68-38-14-18-42-72(68)84)62-54-52-58-28-8-10-30-60(58)56-62/h1-37,39-41,43-56H,38,42H2. The van der Waals surface area contributed by atoms with Crippen LogP contribution in [0, 0.1) is 0 Å². The smallest absolute Gasteiger partial charge is 0.0838 e. The average Bonchev–Trinajstić information content (AvgIpc) is 0.707. The van der Waals surface area contributed by atoms with E-state index in [1.54, 1.807) is 0 Å². The Bertz CT molecular complexity index is 5580. The number of benzene rings is 17. The van der Waals surface area contributed by atoms with Crippen LogP contribution in [0.3, 0.4) is 0 Å². The first kappa shape index (κ1) is 51.3. The van der Waals surface area contributed by atoms with Crippen molar-refractivity contribution in [2.45, 2.75) is 12.8 Å². The molecule has 17 aromatic rings. The lowest BCUT2D eigenvalue weighted by atomic mass is 9.78. The molecule has 0 saturated heterocycles. The summed E-state index contributed by atoms with van der Waals surface area (Å²) < 4.78 is 0. The summed E-state index contributed by atoms with van der Waals surface area (Å²) in [7, 11) is -3.56. The van der Waals surface area contributed by atoms with Gasteiger partial charge in [-0.15, -0.1) is 0 Å². The first-order chi connectivity index (χ1) is 44.2. The third-order valence-electron chi connectivity index (χ3n) is 19.8. The maximum absolute atomic E-state index is 3.56. The number of allylic oxidation sites excluding steroid dienone is 2. The van der Waals surface area contributed by atoms with E-state index in [0.29, 0.717) is 0 Å². The van der Waals surface area contributed by atoms with Gasteiger partial charge < -0.3 is 0 Å². The molecular formula is C88H58Si. The van der Waals surface area contributed by atoms with Gasteiger partial charge in [0.05, 0.1) is 0 Å². The third-order valence-corrected chi connectivity index (χ3v) is 24.8. The molecule has 0 fully saturated rings. The van der Waals surface area contributed by atoms with Gasteiger partial charge in [-0.1, -0.05) is 315 Å². The Morgan fingerprint density at radius 2 is 0.449 bits per heavy atom. The highest BCUT2D eigenvalue weighted by molar-refractivity contribution is 7.23. The van der Waals surface area contributed by atoms with Crippen LogP contribution in [0.25, 0.3) is 141 Å². The molecule has 0 aromatic heterocycles. The van der Waals surface area contributed by atoms with E-state index in [9.17, 15) is 0 Å². The van der Waals surface area contributed by atoms with Crippen LogP contribution in [0.15, 0.2) is 328 Å². The molecule has 0 nitrogen and oxygen atoms in total. The van der Waals surface area contributed by atoms with Crippen molar-refractivity contribution in [2.75, 3.05) is 0 Å². The first-order valence-electron chi connectivity index (χ1n) is 31.4. The number of hydrogen-bond donors (Lipinski definition) is 0. The van der Waals surface area contributed by atoms with Crippen LogP contribution in [0.5, 0.6) is 0 Å². The fourth-order valence-electron chi connectivity index (χ4n) is 16.3. The highest BCUT2D eigenvalue weighted by Gasteiger charge is 2.47. The van der Waals surface area contributed by atoms with Crippen LogP contribution < -0.4 is 20.7 Å². The van der Waals surface area contributed by atoms with Crippen LogP contribution in [-0.4, -0.2) is 8.07 Å². The second-order valence-electron chi connectivity index (χ2n) is 24.3. The Kier molecular flexibility index (Phi) is 11.9. The summed E-state index contributed by atoms with van der Waals surface area (Å²) in [5.74, 6) is 0. The molecule has 1 aliphatic carbocycles. The highest BCUT2D eigenvalue weighted by Crippen LogP contribution is 2.51. The Morgan fingerprint density at radius 1 is 0.191 bits per heavy atom. The van der Waals surface area contributed by atoms with Crippen molar-refractivity contribution in [1.29, 1.82) is 0 Å². The number of rotatable bonds is 8. The second-order valence-corrected chi connectivity index (χ2v) is 27.9. The SMILES string of the molecule is C1=CCc2c(c(-c3ccc4ccccc4c3)c3ccccc3c2-c2c3ccccc3c([Si](c3ccccc3)(c3ccccc3)c3c4ccccc4c(-c4c5ccccc5c(-c5ccc6ccccc6c5)c5ccccc45)c4ccccc34)c3ccccc23)C1. The van der Waals surface area contributed by atoms with Gasteiger partial charge in [0.25, 0.3) is 0 Å². The Balaban J connectivity index is 0.986. The van der Waals surface area contributed by atoms with Crippen molar-refractivity contribution < 1.29 is 0 Å². The molecule has 0 N–H and O–H groups in total. The van der Waals surface area contributed by atoms with Gasteiger partial charge in [0.1, 0.15) is 0 Å². The lowest BCUT2D eigenvalue weighted by molar-refractivity contribution is 1.11. The molecule has 0 heterocycles. The molecule has 0 radical (unpaired) electrons. The summed E-state index contributed by atoms with van der Waals surface area (Å²) in [5.41, 5.74) is 13.2. The molecule has 0 atom stereocenters. The van der Waals surface area contributed by atoms with E-state index in [4.69, 9.17) is 0 Å². The van der Waals surface area contributed by atoms with E-state index in [1.807, 2.05) is 0 Å². The zero-order chi connectivity index (χ0) is 58.6. The van der Waals surface area contributed by atoms with Crippen molar-refractivity contribution in [3.63, 3.8) is 0 Å². The molecule has 18 rings (SSSR count). The topological polar surface area (TPSA) is 0 Å². The molecule has 0 saturated carbocycles. The van der Waals surface area contributed by atoms with Gasteiger partial charge in [-0.05, 0) is 198 Å². The van der Waals surface area contributed by atoms with Crippen molar-refractivity contribution in [1.82, 2.24) is 0 Å². The largest absolute Gasteiger partial charge is 0.182 e. The minimum Gasteiger partial charge on any atom is -0.0838 e. The van der Waals surface area contributed by atoms with Crippen LogP contribution in [-0.2, 0) is 12.8 Å². The van der Waals surface area contributed by atoms with E-state index < -0.39 is 8.07 Å². The molecule has 0 aliphatic heterocycles. The van der Waals surface area contributed by atoms with Crippen molar-refractivity contribution in [3.8, 4) is 44.5 Å². The van der Waals surface area contributed by atoms with Gasteiger partial charge in [-0.25, -0.2) is 0 Å². The first-order valence-corrected chi connectivity index (χ1v) is 33.4. The van der Waals surface area contributed by atoms with Crippen molar-refractivity contribution in [3.05, 3.63) is 339 Å². The predicted octanol–water partition coefficient (Wildman–Crippen LogP) is 20.8. The van der Waals surface area contributed by atoms with E-state index >= 15 is 0 Å². The van der Waals surface area contributed by atoms with Gasteiger partial charge in [-0.2, -0.15) is 0 Å². The maximum Gasteiger partial charge on any atom is 0.182 e. The molecule has 0 bridgehead atoms. The normalized spacial score (nSPS) is 12.6. The Hall–Kier alpha value is -11.0. The molecule has 414 valence electrons. The maximum atomic E-state index is 2.47. The average molecular weight is 1140 g/mol. The molecule has 1 heteroatoms. The Labute approximate surface area is 518 Å². The van der Waals surface area contributed by atoms with Gasteiger partial charge in [0.2, 0.25) is 0 Å². The zero-order valence-electron chi connectivity index (χ0n) is 49.1. The van der Waals surface area contributed by atoms with Crippen LogP contribution in [0.1, 0.15) is 11.1 Å². The monoisotopic (exact) mass is 1140 g/mol. The Morgan fingerprint density at radius 3 is 0.831 bits per heavy atom. The molecule has 0 spiro atoms. The molecule has 0 unspecified atom stereocenters. The van der Waals surface area contributed by atoms with E-state index in [1.165, 1.54) is 173 Å². The molecular weight excluding hydrogens is 1090 g/mol. The quantitative estimate of drug-likeness (QED) is 0.0616. The molecule has 89 heavy (non-hydrogen) atoms. The summed E-state index contributed by atoms with van der Waals surface area (Å²) in [6, 6.07) is 121. The number of hydrogen-bond acceptors (Lipinski definition) is 0. The predicted molar refractivity (Wildman–Crippen MR) is 386 cm³/mol. The van der Waals surface area contributed by atoms with Crippen LogP contribution >= 0.6 is 0 Å². The van der Waals surface area contributed by atoms with Gasteiger partial charge >= 0.3 is 0 Å². The molecule has 17 aromatic carbocycles. The minimum absolute atomic E-state index is 0.855. The van der Waals surface area contributed by atoms with Crippen LogP contribution in [0.2, 0.25) is 0 Å². The van der Waals surface area contributed by atoms with E-state index in [-0.39, 0.29) is 0 Å². The van der Waals surface area contributed by atoms with E-state index in [0.717, 1.165) is 12.8 Å². The van der Waals surface area contributed by atoms with Gasteiger partial charge in [0.15, 0.2) is 8.07 Å². The summed E-state index contributed by atoms with van der Waals surface area (Å²) in [6.45, 7) is 0. The van der Waals surface area contributed by atoms with Gasteiger partial charge in [0, 0.05) is 0 Å². The van der Waals surface area contributed by atoms with Crippen molar-refractivity contribution in [2.24, 2.45) is 0 Å². The van der Waals surface area contributed by atoms with Crippen molar-refractivity contribution >= 4 is 126 Å². The third kappa shape index (κ3) is 7.72.